The smallest absolute Gasteiger partial charge is 0.207 e. The molecule has 0 saturated carbocycles. The molecule has 0 aromatic heterocycles. The van der Waals surface area contributed by atoms with Crippen LogP contribution in [-0.2, 0) is 10.0 Å². The van der Waals surface area contributed by atoms with Gasteiger partial charge in [0.05, 0.1) is 10.9 Å². The lowest BCUT2D eigenvalue weighted by molar-refractivity contribution is 0.572. The minimum Gasteiger partial charge on any atom is -0.207 e. The molecule has 0 unspecified atom stereocenters. The quantitative estimate of drug-likeness (QED) is 0.623. The molecule has 3 aromatic carbocycles. The maximum atomic E-state index is 12.9. The lowest BCUT2D eigenvalue weighted by Gasteiger charge is -2.20. The average Bonchev–Trinajstić information content (AvgIpc) is 2.68. The van der Waals surface area contributed by atoms with Crippen molar-refractivity contribution in [2.75, 3.05) is 6.26 Å². The summed E-state index contributed by atoms with van der Waals surface area (Å²) in [6.45, 7) is 2.01. The molecule has 3 nitrogen and oxygen atoms in total. The van der Waals surface area contributed by atoms with Gasteiger partial charge in [-0.25, -0.2) is 8.42 Å². The maximum absolute atomic E-state index is 12.9. The minimum absolute atomic E-state index is 0.267. The zero-order valence-corrected chi connectivity index (χ0v) is 16.3. The van der Waals surface area contributed by atoms with E-state index in [0.29, 0.717) is 0 Å². The van der Waals surface area contributed by atoms with E-state index in [4.69, 9.17) is 0 Å². The van der Waals surface area contributed by atoms with Gasteiger partial charge in [0.2, 0.25) is 10.0 Å². The van der Waals surface area contributed by atoms with E-state index < -0.39 is 16.1 Å². The molecule has 0 spiro atoms. The minimum atomic E-state index is -3.65. The van der Waals surface area contributed by atoms with Gasteiger partial charge >= 0.3 is 0 Å². The summed E-state index contributed by atoms with van der Waals surface area (Å²) in [5, 5.41) is 0. The Morgan fingerprint density at radius 2 is 1.38 bits per heavy atom. The van der Waals surface area contributed by atoms with E-state index in [2.05, 4.69) is 4.72 Å². The number of benzene rings is 3. The first-order valence-electron chi connectivity index (χ1n) is 8.27. The predicted octanol–water partition coefficient (Wildman–Crippen LogP) is 4.78. The number of nitrogens with one attached hydrogen (secondary N) is 1. The van der Waals surface area contributed by atoms with Crippen LogP contribution in [0, 0.1) is 6.92 Å². The largest absolute Gasteiger partial charge is 0.241 e. The van der Waals surface area contributed by atoms with Gasteiger partial charge < -0.3 is 0 Å². The average molecular weight is 384 g/mol. The highest BCUT2D eigenvalue weighted by Gasteiger charge is 2.22. The van der Waals surface area contributed by atoms with Gasteiger partial charge in [0, 0.05) is 4.90 Å². The molecular weight excluding hydrogens is 362 g/mol. The second kappa shape index (κ2) is 8.08. The van der Waals surface area contributed by atoms with Crippen LogP contribution in [0.4, 0.5) is 0 Å². The van der Waals surface area contributed by atoms with Gasteiger partial charge in [-0.1, -0.05) is 60.2 Å². The molecule has 0 amide bonds. The lowest BCUT2D eigenvalue weighted by Crippen LogP contribution is -2.29. The van der Waals surface area contributed by atoms with Crippen molar-refractivity contribution in [2.45, 2.75) is 22.8 Å². The van der Waals surface area contributed by atoms with Gasteiger partial charge in [0.1, 0.15) is 0 Å². The van der Waals surface area contributed by atoms with E-state index in [1.54, 1.807) is 23.9 Å². The number of hydrogen-bond donors (Lipinski definition) is 1. The van der Waals surface area contributed by atoms with E-state index >= 15 is 0 Å². The van der Waals surface area contributed by atoms with E-state index in [1.165, 1.54) is 0 Å². The van der Waals surface area contributed by atoms with Gasteiger partial charge in [-0.3, -0.25) is 0 Å². The molecule has 0 heterocycles. The number of aryl methyl sites for hydroxylation is 1. The molecule has 0 aliphatic rings. The van der Waals surface area contributed by atoms with Crippen LogP contribution in [0.3, 0.4) is 0 Å². The molecule has 0 aliphatic carbocycles. The molecule has 0 radical (unpaired) electrons. The second-order valence-electron chi connectivity index (χ2n) is 6.05. The van der Waals surface area contributed by atoms with Crippen LogP contribution < -0.4 is 4.72 Å². The Hall–Kier alpha value is -2.08. The fourth-order valence-electron chi connectivity index (χ4n) is 2.71. The lowest BCUT2D eigenvalue weighted by atomic mass is 9.99. The van der Waals surface area contributed by atoms with Gasteiger partial charge in [-0.05, 0) is 48.6 Å². The molecular formula is C21H21NO2S2. The summed E-state index contributed by atoms with van der Waals surface area (Å²) in [7, 11) is -3.65. The highest BCUT2D eigenvalue weighted by atomic mass is 32.2. The van der Waals surface area contributed by atoms with Crippen molar-refractivity contribution < 1.29 is 8.42 Å². The van der Waals surface area contributed by atoms with Crippen molar-refractivity contribution in [1.82, 2.24) is 4.72 Å². The van der Waals surface area contributed by atoms with Crippen LogP contribution >= 0.6 is 11.8 Å². The number of rotatable bonds is 6. The van der Waals surface area contributed by atoms with Gasteiger partial charge in [-0.15, -0.1) is 11.8 Å². The van der Waals surface area contributed by atoms with Crippen LogP contribution in [-0.4, -0.2) is 14.7 Å². The standard InChI is InChI=1S/C21H21NO2S2/c1-16-8-10-18(11-9-16)21(17-6-4-3-5-7-17)22-26(23,24)20-14-12-19(25-2)13-15-20/h3-15,21-22H,1-2H3/t21-/m0/s1. The SMILES string of the molecule is CSc1ccc(S(=O)(=O)N[C@@H](c2ccccc2)c2ccc(C)cc2)cc1. The fraction of sp³-hybridized carbons (Fsp3) is 0.143. The predicted molar refractivity (Wildman–Crippen MR) is 108 cm³/mol. The Morgan fingerprint density at radius 3 is 1.96 bits per heavy atom. The Bertz CT molecular complexity index is 951. The summed E-state index contributed by atoms with van der Waals surface area (Å²) in [6, 6.07) is 24.0. The Kier molecular flexibility index (Phi) is 5.81. The molecule has 3 aromatic rings. The third kappa shape index (κ3) is 4.36. The first-order valence-corrected chi connectivity index (χ1v) is 11.0. The summed E-state index contributed by atoms with van der Waals surface area (Å²) in [6.07, 6.45) is 1.96. The molecule has 5 heteroatoms. The van der Waals surface area contributed by atoms with E-state index in [0.717, 1.165) is 21.6 Å². The van der Waals surface area contributed by atoms with Crippen LogP contribution in [0.2, 0.25) is 0 Å². The van der Waals surface area contributed by atoms with Crippen LogP contribution in [0.5, 0.6) is 0 Å². The summed E-state index contributed by atoms with van der Waals surface area (Å²) in [5.74, 6) is 0. The Balaban J connectivity index is 1.98. The number of sulfonamides is 1. The third-order valence-corrected chi connectivity index (χ3v) is 6.37. The van der Waals surface area contributed by atoms with Gasteiger partial charge in [0.15, 0.2) is 0 Å². The first kappa shape index (κ1) is 18.7. The van der Waals surface area contributed by atoms with E-state index in [9.17, 15) is 8.42 Å². The van der Waals surface area contributed by atoms with Crippen LogP contribution in [0.25, 0.3) is 0 Å². The summed E-state index contributed by atoms with van der Waals surface area (Å²) in [5.41, 5.74) is 2.95. The topological polar surface area (TPSA) is 46.2 Å². The molecule has 0 fully saturated rings. The number of hydrogen-bond acceptors (Lipinski definition) is 3. The van der Waals surface area contributed by atoms with Crippen molar-refractivity contribution in [2.24, 2.45) is 0 Å². The first-order chi connectivity index (χ1) is 12.5. The zero-order chi connectivity index (χ0) is 18.6. The monoisotopic (exact) mass is 383 g/mol. The van der Waals surface area contributed by atoms with E-state index in [-0.39, 0.29) is 4.90 Å². The number of thioether (sulfide) groups is 1. The second-order valence-corrected chi connectivity index (χ2v) is 8.64. The third-order valence-electron chi connectivity index (χ3n) is 4.19. The van der Waals surface area contributed by atoms with Gasteiger partial charge in [0.25, 0.3) is 0 Å². The molecule has 134 valence electrons. The van der Waals surface area contributed by atoms with Gasteiger partial charge in [-0.2, -0.15) is 4.72 Å². The molecule has 26 heavy (non-hydrogen) atoms. The Morgan fingerprint density at radius 1 is 0.808 bits per heavy atom. The van der Waals surface area contributed by atoms with Crippen molar-refractivity contribution in [3.8, 4) is 0 Å². The zero-order valence-electron chi connectivity index (χ0n) is 14.7. The molecule has 3 rings (SSSR count). The fourth-order valence-corrected chi connectivity index (χ4v) is 4.33. The molecule has 1 N–H and O–H groups in total. The van der Waals surface area contributed by atoms with Crippen molar-refractivity contribution in [3.63, 3.8) is 0 Å². The molecule has 0 saturated heterocycles. The van der Waals surface area contributed by atoms with Crippen molar-refractivity contribution in [1.29, 1.82) is 0 Å². The Labute approximate surface area is 159 Å². The maximum Gasteiger partial charge on any atom is 0.241 e. The summed E-state index contributed by atoms with van der Waals surface area (Å²) < 4.78 is 28.7. The van der Waals surface area contributed by atoms with Crippen LogP contribution in [0.15, 0.2) is 88.7 Å². The van der Waals surface area contributed by atoms with Crippen molar-refractivity contribution in [3.05, 3.63) is 95.6 Å². The summed E-state index contributed by atoms with van der Waals surface area (Å²) >= 11 is 1.58. The van der Waals surface area contributed by atoms with Crippen molar-refractivity contribution >= 4 is 21.8 Å². The normalized spacial score (nSPS) is 12.7. The highest BCUT2D eigenvalue weighted by molar-refractivity contribution is 7.98. The van der Waals surface area contributed by atoms with Crippen LogP contribution in [0.1, 0.15) is 22.7 Å². The summed E-state index contributed by atoms with van der Waals surface area (Å²) in [4.78, 5) is 1.30. The molecule has 1 atom stereocenters. The highest BCUT2D eigenvalue weighted by Crippen LogP contribution is 2.25. The molecule has 0 bridgehead atoms. The molecule has 0 aliphatic heterocycles. The van der Waals surface area contributed by atoms with E-state index in [1.807, 2.05) is 79.9 Å².